The van der Waals surface area contributed by atoms with E-state index in [1.807, 2.05) is 0 Å². The summed E-state index contributed by atoms with van der Waals surface area (Å²) in [5.41, 5.74) is 5.36. The average molecular weight is 375 g/mol. The zero-order valence-corrected chi connectivity index (χ0v) is 13.4. The van der Waals surface area contributed by atoms with Crippen molar-refractivity contribution in [1.29, 1.82) is 0 Å². The maximum Gasteiger partial charge on any atom is 0.466 e. The molecule has 0 fully saturated rings. The van der Waals surface area contributed by atoms with Gasteiger partial charge in [-0.3, -0.25) is 19.6 Å². The van der Waals surface area contributed by atoms with Gasteiger partial charge >= 0.3 is 13.5 Å². The van der Waals surface area contributed by atoms with Gasteiger partial charge in [0.2, 0.25) is 5.95 Å². The van der Waals surface area contributed by atoms with Crippen LogP contribution < -0.4 is 22.5 Å². The quantitative estimate of drug-likeness (QED) is 0.195. The molecular formula is C10H14N7O7P. The average Bonchev–Trinajstić information content (AvgIpc) is 2.90. The Bertz CT molecular complexity index is 1050. The fourth-order valence-corrected chi connectivity index (χ4v) is 1.34. The van der Waals surface area contributed by atoms with Gasteiger partial charge in [-0.15, -0.1) is 0 Å². The molecule has 0 unspecified atom stereocenters. The minimum Gasteiger partial charge on any atom is -0.369 e. The molecular weight excluding hydrogens is 361 g/mol. The van der Waals surface area contributed by atoms with E-state index < -0.39 is 13.5 Å². The Morgan fingerprint density at radius 1 is 1.08 bits per heavy atom. The van der Waals surface area contributed by atoms with Crippen molar-refractivity contribution in [1.82, 2.24) is 29.9 Å². The maximum absolute atomic E-state index is 11.0. The van der Waals surface area contributed by atoms with Gasteiger partial charge in [-0.05, 0) is 6.92 Å². The summed E-state index contributed by atoms with van der Waals surface area (Å²) in [6.45, 7) is 1.62. The van der Waals surface area contributed by atoms with Crippen molar-refractivity contribution < 1.29 is 19.2 Å². The van der Waals surface area contributed by atoms with E-state index in [-0.39, 0.29) is 17.1 Å². The summed E-state index contributed by atoms with van der Waals surface area (Å²) in [6, 6.07) is 0. The zero-order chi connectivity index (χ0) is 19.2. The van der Waals surface area contributed by atoms with Gasteiger partial charge in [0, 0.05) is 11.8 Å². The molecule has 0 spiro atoms. The van der Waals surface area contributed by atoms with Crippen molar-refractivity contribution in [3.63, 3.8) is 0 Å². The molecule has 0 aliphatic heterocycles. The molecule has 0 atom stereocenters. The van der Waals surface area contributed by atoms with Gasteiger partial charge in [0.05, 0.1) is 6.33 Å². The Labute approximate surface area is 137 Å². The predicted molar refractivity (Wildman–Crippen MR) is 85.6 cm³/mol. The Kier molecular flexibility index (Phi) is 6.52. The van der Waals surface area contributed by atoms with E-state index >= 15 is 0 Å². The van der Waals surface area contributed by atoms with Gasteiger partial charge in [0.15, 0.2) is 11.2 Å². The first kappa shape index (κ1) is 20.0. The summed E-state index contributed by atoms with van der Waals surface area (Å²) in [5.74, 6) is 0.0783. The van der Waals surface area contributed by atoms with Crippen molar-refractivity contribution in [3.05, 3.63) is 49.3 Å². The summed E-state index contributed by atoms with van der Waals surface area (Å²) >= 11 is 0. The highest BCUT2D eigenvalue weighted by Gasteiger charge is 2.01. The molecule has 0 saturated carbocycles. The van der Waals surface area contributed by atoms with Crippen LogP contribution in [0.15, 0.2) is 26.9 Å². The summed E-state index contributed by atoms with van der Waals surface area (Å²) in [4.78, 5) is 70.4. The van der Waals surface area contributed by atoms with E-state index in [9.17, 15) is 14.4 Å². The molecule has 3 aromatic rings. The second-order valence-electron chi connectivity index (χ2n) is 4.32. The first-order valence-electron chi connectivity index (χ1n) is 6.23. The molecule has 14 nitrogen and oxygen atoms in total. The van der Waals surface area contributed by atoms with Crippen LogP contribution in [0.3, 0.4) is 0 Å². The summed E-state index contributed by atoms with van der Waals surface area (Å²) in [6.07, 6.45) is 2.77. The fraction of sp³-hybridized carbons (Fsp3) is 0.100. The molecule has 0 radical (unpaired) electrons. The number of rotatable bonds is 0. The number of aromatic amines is 4. The van der Waals surface area contributed by atoms with Crippen molar-refractivity contribution in [2.75, 3.05) is 5.73 Å². The summed E-state index contributed by atoms with van der Waals surface area (Å²) in [7, 11) is -4.64. The van der Waals surface area contributed by atoms with E-state index in [1.54, 1.807) is 6.92 Å². The van der Waals surface area contributed by atoms with Gasteiger partial charge in [-0.1, -0.05) is 0 Å². The molecule has 15 heteroatoms. The van der Waals surface area contributed by atoms with Gasteiger partial charge in [-0.2, -0.15) is 4.98 Å². The first-order valence-corrected chi connectivity index (χ1v) is 7.79. The SMILES string of the molecule is Cc1c[nH]c(=O)[nH]c1=O.Nc1nc2nc[nH]c2c(=O)[nH]1.O=P(O)(O)O. The Balaban J connectivity index is 0.000000202. The molecule has 25 heavy (non-hydrogen) atoms. The van der Waals surface area contributed by atoms with E-state index in [1.165, 1.54) is 12.5 Å². The van der Waals surface area contributed by atoms with Crippen molar-refractivity contribution in [2.24, 2.45) is 0 Å². The lowest BCUT2D eigenvalue weighted by atomic mass is 10.4. The number of nitrogens with two attached hydrogens (primary N) is 1. The van der Waals surface area contributed by atoms with Gasteiger partial charge in [0.25, 0.3) is 11.1 Å². The number of hydrogen-bond donors (Lipinski definition) is 8. The Hall–Kier alpha value is -3.06. The lowest BCUT2D eigenvalue weighted by Gasteiger charge is -1.89. The molecule has 3 aromatic heterocycles. The number of phosphoric acid groups is 1. The normalized spacial score (nSPS) is 10.4. The largest absolute Gasteiger partial charge is 0.466 e. The van der Waals surface area contributed by atoms with Crippen LogP contribution in [0.1, 0.15) is 5.56 Å². The number of nitrogens with one attached hydrogen (secondary N) is 4. The molecule has 3 heterocycles. The minimum absolute atomic E-state index is 0.0783. The number of aryl methyl sites for hydroxylation is 1. The van der Waals surface area contributed by atoms with Crippen LogP contribution in [-0.2, 0) is 4.57 Å². The van der Waals surface area contributed by atoms with Crippen molar-refractivity contribution >= 4 is 24.9 Å². The van der Waals surface area contributed by atoms with Crippen LogP contribution in [0.5, 0.6) is 0 Å². The highest BCUT2D eigenvalue weighted by Crippen LogP contribution is 2.25. The standard InChI is InChI=1S/C5H5N5O.C5H6N2O2.H3O4P/c6-5-9-3-2(4(11)10-5)7-1-8-3;1-3-2-6-5(9)7-4(3)8;1-5(2,3)4/h1H,(H4,6,7,8,9,10,11);2H,1H3,(H2,6,7,8,9);(H3,1,2,3,4). The van der Waals surface area contributed by atoms with Crippen molar-refractivity contribution in [2.45, 2.75) is 6.92 Å². The molecule has 0 aliphatic carbocycles. The van der Waals surface area contributed by atoms with E-state index in [4.69, 9.17) is 25.0 Å². The summed E-state index contributed by atoms with van der Waals surface area (Å²) in [5, 5.41) is 0. The lowest BCUT2D eigenvalue weighted by Crippen LogP contribution is -2.22. The molecule has 0 bridgehead atoms. The minimum atomic E-state index is -4.64. The lowest BCUT2D eigenvalue weighted by molar-refractivity contribution is 0.275. The van der Waals surface area contributed by atoms with Crippen LogP contribution in [0.25, 0.3) is 11.2 Å². The zero-order valence-electron chi connectivity index (χ0n) is 12.5. The molecule has 136 valence electrons. The van der Waals surface area contributed by atoms with E-state index in [0.717, 1.165) is 0 Å². The first-order chi connectivity index (χ1) is 11.5. The van der Waals surface area contributed by atoms with E-state index in [0.29, 0.717) is 16.7 Å². The molecule has 0 aromatic carbocycles. The van der Waals surface area contributed by atoms with Crippen LogP contribution in [0.2, 0.25) is 0 Å². The van der Waals surface area contributed by atoms with Gasteiger partial charge in [-0.25, -0.2) is 14.3 Å². The highest BCUT2D eigenvalue weighted by molar-refractivity contribution is 7.45. The Morgan fingerprint density at radius 2 is 1.68 bits per heavy atom. The van der Waals surface area contributed by atoms with Crippen molar-refractivity contribution in [3.8, 4) is 0 Å². The number of imidazole rings is 1. The van der Waals surface area contributed by atoms with Gasteiger partial charge < -0.3 is 30.4 Å². The predicted octanol–water partition coefficient (Wildman–Crippen LogP) is -2.33. The second kappa shape index (κ2) is 8.16. The third-order valence-electron chi connectivity index (χ3n) is 2.32. The topological polar surface area (TPSA) is 244 Å². The number of hydrogen-bond acceptors (Lipinski definition) is 7. The third kappa shape index (κ3) is 7.36. The van der Waals surface area contributed by atoms with Crippen LogP contribution in [-0.4, -0.2) is 44.6 Å². The number of nitrogens with zero attached hydrogens (tertiary/aromatic N) is 2. The molecule has 0 amide bonds. The smallest absolute Gasteiger partial charge is 0.369 e. The number of nitrogen functional groups attached to an aromatic ring is 1. The third-order valence-corrected chi connectivity index (χ3v) is 2.32. The molecule has 3 rings (SSSR count). The fourth-order valence-electron chi connectivity index (χ4n) is 1.34. The molecule has 9 N–H and O–H groups in total. The van der Waals surface area contributed by atoms with Crippen LogP contribution in [0.4, 0.5) is 5.95 Å². The summed E-state index contributed by atoms with van der Waals surface area (Å²) < 4.78 is 8.88. The number of fused-ring (bicyclic) bond motifs is 1. The second-order valence-corrected chi connectivity index (χ2v) is 5.35. The number of anilines is 1. The highest BCUT2D eigenvalue weighted by atomic mass is 31.2. The number of H-pyrrole nitrogens is 4. The maximum atomic E-state index is 11.0. The van der Waals surface area contributed by atoms with E-state index in [2.05, 4.69) is 29.9 Å². The molecule has 0 aliphatic rings. The molecule has 0 saturated heterocycles. The van der Waals surface area contributed by atoms with Gasteiger partial charge in [0.1, 0.15) is 0 Å². The monoisotopic (exact) mass is 375 g/mol. The number of aromatic nitrogens is 6. The Morgan fingerprint density at radius 3 is 2.20 bits per heavy atom. The van der Waals surface area contributed by atoms with Crippen LogP contribution >= 0.6 is 7.82 Å². The van der Waals surface area contributed by atoms with Crippen LogP contribution in [0, 0.1) is 6.92 Å².